The molecule has 1 atom stereocenters. The summed E-state index contributed by atoms with van der Waals surface area (Å²) < 4.78 is 24.5. The minimum Gasteiger partial charge on any atom is -0.310 e. The van der Waals surface area contributed by atoms with Crippen LogP contribution in [0.25, 0.3) is 10.9 Å². The molecule has 1 aliphatic heterocycles. The smallest absolute Gasteiger partial charge is 0.261 e. The number of nitrogens with zero attached hydrogens (tertiary/aromatic N) is 2. The lowest BCUT2D eigenvalue weighted by atomic mass is 10.1. The average Bonchev–Trinajstić information content (AvgIpc) is 2.52. The van der Waals surface area contributed by atoms with Crippen LogP contribution in [0.1, 0.15) is 19.8 Å². The summed E-state index contributed by atoms with van der Waals surface area (Å²) in [5.74, 6) is 0.490. The lowest BCUT2D eigenvalue weighted by molar-refractivity contribution is 0.381. The quantitative estimate of drug-likeness (QED) is 0.900. The molecule has 6 nitrogen and oxygen atoms in total. The van der Waals surface area contributed by atoms with Crippen molar-refractivity contribution in [3.05, 3.63) is 40.9 Å². The number of rotatable bonds is 4. The van der Waals surface area contributed by atoms with Crippen LogP contribution in [0.3, 0.4) is 0 Å². The Labute approximate surface area is 135 Å². The van der Waals surface area contributed by atoms with Gasteiger partial charge < -0.3 is 5.32 Å². The number of benzene rings is 1. The molecule has 1 aromatic carbocycles. The van der Waals surface area contributed by atoms with Gasteiger partial charge in [-0.1, -0.05) is 12.1 Å². The molecule has 3 rings (SSSR count). The van der Waals surface area contributed by atoms with E-state index in [9.17, 15) is 13.2 Å². The van der Waals surface area contributed by atoms with E-state index in [0.717, 1.165) is 0 Å². The predicted octanol–water partition coefficient (Wildman–Crippen LogP) is 0.952. The van der Waals surface area contributed by atoms with Crippen LogP contribution in [-0.4, -0.2) is 41.6 Å². The van der Waals surface area contributed by atoms with Gasteiger partial charge in [-0.15, -0.1) is 0 Å². The monoisotopic (exact) mass is 335 g/mol. The Morgan fingerprint density at radius 3 is 2.74 bits per heavy atom. The fourth-order valence-electron chi connectivity index (χ4n) is 3.04. The Hall–Kier alpha value is -1.73. The molecular weight excluding hydrogens is 314 g/mol. The molecule has 0 aliphatic carbocycles. The molecule has 0 saturated carbocycles. The van der Waals surface area contributed by atoms with Crippen molar-refractivity contribution in [2.75, 3.05) is 11.5 Å². The van der Waals surface area contributed by atoms with Crippen molar-refractivity contribution in [1.82, 2.24) is 14.9 Å². The maximum Gasteiger partial charge on any atom is 0.261 e. The number of aromatic nitrogens is 2. The summed E-state index contributed by atoms with van der Waals surface area (Å²) in [5.41, 5.74) is 0.655. The van der Waals surface area contributed by atoms with Crippen LogP contribution in [0.5, 0.6) is 0 Å². The van der Waals surface area contributed by atoms with E-state index in [1.54, 1.807) is 17.0 Å². The zero-order valence-electron chi connectivity index (χ0n) is 13.1. The first kappa shape index (κ1) is 16.1. The highest BCUT2D eigenvalue weighted by molar-refractivity contribution is 7.91. The highest BCUT2D eigenvalue weighted by Gasteiger charge is 2.24. The minimum absolute atomic E-state index is 0.0459. The van der Waals surface area contributed by atoms with Gasteiger partial charge in [0.05, 0.1) is 28.7 Å². The summed E-state index contributed by atoms with van der Waals surface area (Å²) in [6, 6.07) is 7.57. The van der Waals surface area contributed by atoms with Gasteiger partial charge in [0.1, 0.15) is 9.84 Å². The van der Waals surface area contributed by atoms with Crippen LogP contribution in [0.15, 0.2) is 35.4 Å². The van der Waals surface area contributed by atoms with Crippen LogP contribution in [-0.2, 0) is 16.4 Å². The molecule has 1 saturated heterocycles. The van der Waals surface area contributed by atoms with E-state index in [4.69, 9.17) is 0 Å². The van der Waals surface area contributed by atoms with Crippen LogP contribution >= 0.6 is 0 Å². The van der Waals surface area contributed by atoms with E-state index < -0.39 is 9.84 Å². The van der Waals surface area contributed by atoms with Crippen LogP contribution in [0.4, 0.5) is 0 Å². The summed E-state index contributed by atoms with van der Waals surface area (Å²) in [7, 11) is -2.85. The van der Waals surface area contributed by atoms with Gasteiger partial charge in [0.25, 0.3) is 5.56 Å². The average molecular weight is 335 g/mol. The molecule has 1 fully saturated rings. The second-order valence-electron chi connectivity index (χ2n) is 6.21. The second-order valence-corrected chi connectivity index (χ2v) is 8.52. The van der Waals surface area contributed by atoms with Crippen LogP contribution in [0, 0.1) is 0 Å². The maximum atomic E-state index is 12.5. The Kier molecular flexibility index (Phi) is 4.50. The van der Waals surface area contributed by atoms with E-state index >= 15 is 0 Å². The fraction of sp³-hybridized carbons (Fsp3) is 0.500. The topological polar surface area (TPSA) is 81.1 Å². The van der Waals surface area contributed by atoms with Crippen molar-refractivity contribution in [3.8, 4) is 0 Å². The van der Waals surface area contributed by atoms with Crippen molar-refractivity contribution in [1.29, 1.82) is 0 Å². The highest BCUT2D eigenvalue weighted by Crippen LogP contribution is 2.13. The molecule has 124 valence electrons. The SMILES string of the molecule is C[C@H](Cn1cnc2ccccc2c1=O)NC1CCS(=O)(=O)CC1. The lowest BCUT2D eigenvalue weighted by Gasteiger charge is -2.27. The van der Waals surface area contributed by atoms with Gasteiger partial charge in [0.2, 0.25) is 0 Å². The first-order valence-corrected chi connectivity index (χ1v) is 9.67. The van der Waals surface area contributed by atoms with Gasteiger partial charge in [-0.2, -0.15) is 0 Å². The molecule has 0 spiro atoms. The van der Waals surface area contributed by atoms with E-state index in [0.29, 0.717) is 30.3 Å². The third kappa shape index (κ3) is 3.79. The highest BCUT2D eigenvalue weighted by atomic mass is 32.2. The Balaban J connectivity index is 1.67. The molecule has 0 amide bonds. The van der Waals surface area contributed by atoms with Crippen LogP contribution < -0.4 is 10.9 Å². The maximum absolute atomic E-state index is 12.5. The number of hydrogen-bond donors (Lipinski definition) is 1. The molecule has 0 unspecified atom stereocenters. The second kappa shape index (κ2) is 6.41. The van der Waals surface area contributed by atoms with Crippen LogP contribution in [0.2, 0.25) is 0 Å². The first-order valence-electron chi connectivity index (χ1n) is 7.85. The van der Waals surface area contributed by atoms with Crippen molar-refractivity contribution in [2.45, 2.75) is 38.4 Å². The number of fused-ring (bicyclic) bond motifs is 1. The van der Waals surface area contributed by atoms with E-state index in [1.807, 2.05) is 25.1 Å². The number of para-hydroxylation sites is 1. The molecule has 2 aromatic rings. The van der Waals surface area contributed by atoms with Crippen molar-refractivity contribution < 1.29 is 8.42 Å². The van der Waals surface area contributed by atoms with E-state index in [1.165, 1.54) is 0 Å². The molecule has 23 heavy (non-hydrogen) atoms. The number of sulfone groups is 1. The van der Waals surface area contributed by atoms with Gasteiger partial charge in [0.15, 0.2) is 0 Å². The predicted molar refractivity (Wildman–Crippen MR) is 90.3 cm³/mol. The zero-order chi connectivity index (χ0) is 16.4. The molecule has 1 N–H and O–H groups in total. The molecule has 0 radical (unpaired) electrons. The van der Waals surface area contributed by atoms with Gasteiger partial charge in [0, 0.05) is 18.6 Å². The molecule has 2 heterocycles. The summed E-state index contributed by atoms with van der Waals surface area (Å²) in [6.45, 7) is 2.52. The zero-order valence-corrected chi connectivity index (χ0v) is 13.9. The van der Waals surface area contributed by atoms with Gasteiger partial charge in [-0.05, 0) is 31.9 Å². The third-order valence-corrected chi connectivity index (χ3v) is 5.99. The lowest BCUT2D eigenvalue weighted by Crippen LogP contribution is -2.44. The molecule has 7 heteroatoms. The fourth-order valence-corrected chi connectivity index (χ4v) is 4.53. The van der Waals surface area contributed by atoms with Gasteiger partial charge in [-0.3, -0.25) is 9.36 Å². The first-order chi connectivity index (χ1) is 10.9. The Bertz CT molecular complexity index is 846. The summed E-state index contributed by atoms with van der Waals surface area (Å²) >= 11 is 0. The largest absolute Gasteiger partial charge is 0.310 e. The summed E-state index contributed by atoms with van der Waals surface area (Å²) in [5, 5.41) is 4.05. The van der Waals surface area contributed by atoms with Crippen molar-refractivity contribution in [2.24, 2.45) is 0 Å². The minimum atomic E-state index is -2.85. The standard InChI is InChI=1S/C16H21N3O3S/c1-12(18-13-6-8-23(21,22)9-7-13)10-19-11-17-15-5-3-2-4-14(15)16(19)20/h2-5,11-13,18H,6-10H2,1H3/t12-/m1/s1. The van der Waals surface area contributed by atoms with Crippen molar-refractivity contribution in [3.63, 3.8) is 0 Å². The van der Waals surface area contributed by atoms with Gasteiger partial charge in [-0.25, -0.2) is 13.4 Å². The number of nitrogens with one attached hydrogen (secondary N) is 1. The number of hydrogen-bond acceptors (Lipinski definition) is 5. The summed E-state index contributed by atoms with van der Waals surface area (Å²) in [6.07, 6.45) is 2.85. The molecule has 0 bridgehead atoms. The molecule has 1 aliphatic rings. The molecule has 1 aromatic heterocycles. The van der Waals surface area contributed by atoms with Crippen molar-refractivity contribution >= 4 is 20.7 Å². The Morgan fingerprint density at radius 2 is 2.00 bits per heavy atom. The van der Waals surface area contributed by atoms with E-state index in [2.05, 4.69) is 10.3 Å². The van der Waals surface area contributed by atoms with Gasteiger partial charge >= 0.3 is 0 Å². The third-order valence-electron chi connectivity index (χ3n) is 4.28. The van der Waals surface area contributed by atoms with E-state index in [-0.39, 0.29) is 29.1 Å². The normalized spacial score (nSPS) is 19.7. The Morgan fingerprint density at radius 1 is 1.30 bits per heavy atom. The molecular formula is C16H21N3O3S. The summed E-state index contributed by atoms with van der Waals surface area (Å²) in [4.78, 5) is 16.8.